The van der Waals surface area contributed by atoms with Gasteiger partial charge in [-0.2, -0.15) is 0 Å². The highest BCUT2D eigenvalue weighted by Crippen LogP contribution is 2.51. The summed E-state index contributed by atoms with van der Waals surface area (Å²) in [4.78, 5) is 0. The predicted molar refractivity (Wildman–Crippen MR) is 77.9 cm³/mol. The van der Waals surface area contributed by atoms with Gasteiger partial charge in [0.15, 0.2) is 0 Å². The maximum Gasteiger partial charge on any atom is 0.213 e. The third-order valence-corrected chi connectivity index (χ3v) is 3.92. The highest BCUT2D eigenvalue weighted by molar-refractivity contribution is 5.16. The normalized spacial score (nSPS) is 24.6. The molecule has 2 aromatic carbocycles. The van der Waals surface area contributed by atoms with Crippen LogP contribution in [-0.4, -0.2) is 5.85 Å². The molecule has 0 radical (unpaired) electrons. The van der Waals surface area contributed by atoms with Crippen LogP contribution in [-0.2, 0) is 17.8 Å². The minimum atomic E-state index is -1.40. The molecule has 1 saturated carbocycles. The van der Waals surface area contributed by atoms with Crippen molar-refractivity contribution in [2.24, 2.45) is 5.92 Å². The lowest BCUT2D eigenvalue weighted by atomic mass is 10.1. The molecule has 0 aromatic heterocycles. The van der Waals surface area contributed by atoms with Gasteiger partial charge < -0.3 is 4.74 Å². The highest BCUT2D eigenvalue weighted by Gasteiger charge is 2.56. The van der Waals surface area contributed by atoms with Gasteiger partial charge in [0.25, 0.3) is 0 Å². The van der Waals surface area contributed by atoms with Crippen LogP contribution >= 0.6 is 0 Å². The van der Waals surface area contributed by atoms with E-state index in [1.807, 2.05) is 48.5 Å². The van der Waals surface area contributed by atoms with Gasteiger partial charge in [0.05, 0.1) is 6.61 Å². The third kappa shape index (κ3) is 3.26. The first-order valence-corrected chi connectivity index (χ1v) is 7.17. The molecule has 0 aliphatic heterocycles. The van der Waals surface area contributed by atoms with E-state index in [-0.39, 0.29) is 5.92 Å². The summed E-state index contributed by atoms with van der Waals surface area (Å²) in [6.45, 7) is 0.360. The average molecular weight is 270 g/mol. The van der Waals surface area contributed by atoms with Crippen molar-refractivity contribution in [2.75, 3.05) is 0 Å². The van der Waals surface area contributed by atoms with Gasteiger partial charge in [-0.3, -0.25) is 0 Å². The molecule has 1 aliphatic rings. The second-order valence-electron chi connectivity index (χ2n) is 5.49. The van der Waals surface area contributed by atoms with Crippen molar-refractivity contribution >= 4 is 0 Å². The Hall–Kier alpha value is -1.67. The first kappa shape index (κ1) is 13.3. The van der Waals surface area contributed by atoms with Crippen LogP contribution < -0.4 is 0 Å². The predicted octanol–water partition coefficient (Wildman–Crippen LogP) is 4.52. The molecule has 0 amide bonds. The maximum absolute atomic E-state index is 14.3. The highest BCUT2D eigenvalue weighted by atomic mass is 19.2. The molecule has 0 saturated heterocycles. The fourth-order valence-electron chi connectivity index (χ4n) is 2.53. The van der Waals surface area contributed by atoms with Crippen LogP contribution in [0.3, 0.4) is 0 Å². The molecule has 2 heteroatoms. The number of alkyl halides is 1. The zero-order chi connectivity index (χ0) is 13.8. The zero-order valence-electron chi connectivity index (χ0n) is 11.5. The van der Waals surface area contributed by atoms with Crippen LogP contribution in [0.15, 0.2) is 60.7 Å². The van der Waals surface area contributed by atoms with E-state index in [4.69, 9.17) is 4.74 Å². The number of halogens is 1. The van der Waals surface area contributed by atoms with Gasteiger partial charge in [-0.25, -0.2) is 4.39 Å². The number of hydrogen-bond acceptors (Lipinski definition) is 1. The van der Waals surface area contributed by atoms with Gasteiger partial charge in [-0.05, 0) is 24.0 Å². The lowest BCUT2D eigenvalue weighted by Gasteiger charge is -2.10. The first-order valence-electron chi connectivity index (χ1n) is 7.17. The summed E-state index contributed by atoms with van der Waals surface area (Å²) < 4.78 is 19.8. The second-order valence-corrected chi connectivity index (χ2v) is 5.49. The summed E-state index contributed by atoms with van der Waals surface area (Å²) in [7, 11) is 0. The van der Waals surface area contributed by atoms with Crippen LogP contribution in [0.25, 0.3) is 0 Å². The molecule has 20 heavy (non-hydrogen) atoms. The molecule has 1 fully saturated rings. The molecular formula is C18H19FO. The van der Waals surface area contributed by atoms with Crippen molar-refractivity contribution in [2.45, 2.75) is 31.7 Å². The lowest BCUT2D eigenvalue weighted by Crippen LogP contribution is -2.11. The van der Waals surface area contributed by atoms with E-state index in [9.17, 15) is 4.39 Å². The Bertz CT molecular complexity index is 540. The first-order chi connectivity index (χ1) is 9.76. The van der Waals surface area contributed by atoms with Gasteiger partial charge in [-0.15, -0.1) is 0 Å². The van der Waals surface area contributed by atoms with E-state index in [0.29, 0.717) is 13.0 Å². The molecule has 3 rings (SSSR count). The Labute approximate surface area is 119 Å². The van der Waals surface area contributed by atoms with Gasteiger partial charge in [0.2, 0.25) is 5.85 Å². The monoisotopic (exact) mass is 270 g/mol. The van der Waals surface area contributed by atoms with Crippen molar-refractivity contribution in [3.8, 4) is 0 Å². The summed E-state index contributed by atoms with van der Waals surface area (Å²) in [5, 5.41) is 0. The Morgan fingerprint density at radius 2 is 1.55 bits per heavy atom. The Kier molecular flexibility index (Phi) is 3.83. The van der Waals surface area contributed by atoms with Gasteiger partial charge in [-0.1, -0.05) is 60.7 Å². The fraction of sp³-hybridized carbons (Fsp3) is 0.333. The van der Waals surface area contributed by atoms with Crippen molar-refractivity contribution < 1.29 is 9.13 Å². The van der Waals surface area contributed by atoms with E-state index in [1.165, 1.54) is 5.56 Å². The van der Waals surface area contributed by atoms with Crippen LogP contribution in [0.4, 0.5) is 4.39 Å². The number of aryl methyl sites for hydroxylation is 1. The quantitative estimate of drug-likeness (QED) is 0.749. The van der Waals surface area contributed by atoms with E-state index < -0.39 is 5.85 Å². The van der Waals surface area contributed by atoms with Crippen LogP contribution in [0.1, 0.15) is 24.0 Å². The summed E-state index contributed by atoms with van der Waals surface area (Å²) in [5.74, 6) is -1.35. The standard InChI is InChI=1S/C18H19FO/c19-18(20-14-16-9-5-2-6-10-16)13-17(18)12-11-15-7-3-1-4-8-15/h1-10,17H,11-14H2. The summed E-state index contributed by atoms with van der Waals surface area (Å²) in [6.07, 6.45) is 2.31. The molecule has 2 aromatic rings. The zero-order valence-corrected chi connectivity index (χ0v) is 11.5. The molecule has 2 unspecified atom stereocenters. The Morgan fingerprint density at radius 1 is 0.950 bits per heavy atom. The summed E-state index contributed by atoms with van der Waals surface area (Å²) in [6, 6.07) is 20.0. The van der Waals surface area contributed by atoms with Crippen LogP contribution in [0, 0.1) is 5.92 Å². The number of rotatable bonds is 6. The van der Waals surface area contributed by atoms with Crippen molar-refractivity contribution in [3.63, 3.8) is 0 Å². The maximum atomic E-state index is 14.3. The number of ether oxygens (including phenoxy) is 1. The topological polar surface area (TPSA) is 9.23 Å². The largest absolute Gasteiger partial charge is 0.341 e. The van der Waals surface area contributed by atoms with Crippen molar-refractivity contribution in [1.82, 2.24) is 0 Å². The van der Waals surface area contributed by atoms with E-state index in [1.54, 1.807) is 0 Å². The molecule has 1 aliphatic carbocycles. The minimum Gasteiger partial charge on any atom is -0.341 e. The Balaban J connectivity index is 1.45. The molecule has 104 valence electrons. The summed E-state index contributed by atoms with van der Waals surface area (Å²) in [5.41, 5.74) is 2.29. The number of hydrogen-bond donors (Lipinski definition) is 0. The van der Waals surface area contributed by atoms with Gasteiger partial charge in [0.1, 0.15) is 0 Å². The number of benzene rings is 2. The van der Waals surface area contributed by atoms with Crippen LogP contribution in [0.5, 0.6) is 0 Å². The summed E-state index contributed by atoms with van der Waals surface area (Å²) >= 11 is 0. The molecule has 0 N–H and O–H groups in total. The van der Waals surface area contributed by atoms with E-state index in [0.717, 1.165) is 18.4 Å². The van der Waals surface area contributed by atoms with Gasteiger partial charge in [0, 0.05) is 12.3 Å². The molecular weight excluding hydrogens is 251 g/mol. The SMILES string of the molecule is FC1(OCc2ccccc2)CC1CCc1ccccc1. The van der Waals surface area contributed by atoms with Gasteiger partial charge >= 0.3 is 0 Å². The molecule has 0 bridgehead atoms. The molecule has 1 nitrogen and oxygen atoms in total. The molecule has 0 heterocycles. The minimum absolute atomic E-state index is 0.0476. The smallest absolute Gasteiger partial charge is 0.213 e. The van der Waals surface area contributed by atoms with E-state index >= 15 is 0 Å². The second kappa shape index (κ2) is 5.76. The Morgan fingerprint density at radius 3 is 2.20 bits per heavy atom. The molecule has 0 spiro atoms. The lowest BCUT2D eigenvalue weighted by molar-refractivity contribution is -0.0862. The third-order valence-electron chi connectivity index (χ3n) is 3.92. The van der Waals surface area contributed by atoms with Crippen molar-refractivity contribution in [3.05, 3.63) is 71.8 Å². The van der Waals surface area contributed by atoms with Crippen molar-refractivity contribution in [1.29, 1.82) is 0 Å². The van der Waals surface area contributed by atoms with E-state index in [2.05, 4.69) is 12.1 Å². The molecule has 2 atom stereocenters. The fourth-order valence-corrected chi connectivity index (χ4v) is 2.53. The van der Waals surface area contributed by atoms with Crippen LogP contribution in [0.2, 0.25) is 0 Å². The average Bonchev–Trinajstić information content (AvgIpc) is 3.16.